The molecule has 0 radical (unpaired) electrons. The van der Waals surface area contributed by atoms with Crippen molar-refractivity contribution < 1.29 is 0 Å². The van der Waals surface area contributed by atoms with Crippen LogP contribution in [-0.4, -0.2) is 25.8 Å². The largest absolute Gasteiger partial charge is 0.259 e. The third-order valence-electron chi connectivity index (χ3n) is 1.44. The molecule has 0 amide bonds. The minimum absolute atomic E-state index is 0.800. The Bertz CT molecular complexity index is 413. The minimum Gasteiger partial charge on any atom is -0.259 e. The maximum atomic E-state index is 4.20. The highest BCUT2D eigenvalue weighted by Crippen LogP contribution is 2.19. The van der Waals surface area contributed by atoms with E-state index >= 15 is 0 Å². The number of aromatic nitrogens is 4. The van der Waals surface area contributed by atoms with Crippen LogP contribution in [0.5, 0.6) is 0 Å². The maximum Gasteiger partial charge on any atom is 0.178 e. The van der Waals surface area contributed by atoms with Crippen molar-refractivity contribution in [3.05, 3.63) is 17.0 Å². The average Bonchev–Trinajstić information content (AvgIpc) is 2.54. The van der Waals surface area contributed by atoms with Crippen molar-refractivity contribution >= 4 is 33.3 Å². The van der Waals surface area contributed by atoms with Crippen molar-refractivity contribution in [2.75, 3.05) is 6.26 Å². The molecule has 2 rings (SSSR count). The van der Waals surface area contributed by atoms with E-state index in [0.717, 1.165) is 15.3 Å². The molecule has 62 valence electrons. The van der Waals surface area contributed by atoms with Crippen molar-refractivity contribution in [2.45, 2.75) is 5.16 Å². The van der Waals surface area contributed by atoms with E-state index in [4.69, 9.17) is 0 Å². The molecule has 4 nitrogen and oxygen atoms in total. The number of hydrogen-bond acceptors (Lipinski definition) is 4. The van der Waals surface area contributed by atoms with Gasteiger partial charge in [-0.1, -0.05) is 11.8 Å². The number of fused-ring (bicyclic) bond motifs is 1. The van der Waals surface area contributed by atoms with Gasteiger partial charge >= 0.3 is 0 Å². The molecule has 0 aliphatic rings. The van der Waals surface area contributed by atoms with Gasteiger partial charge in [-0.05, 0) is 22.2 Å². The second-order valence-corrected chi connectivity index (χ2v) is 3.75. The van der Waals surface area contributed by atoms with Gasteiger partial charge in [-0.25, -0.2) is 4.98 Å². The van der Waals surface area contributed by atoms with Crippen LogP contribution in [0.4, 0.5) is 0 Å². The standard InChI is InChI=1S/C6H5BrN4S/c1-12-6-8-2-4(7)5-10-9-3-11(5)6/h2-3H,1H3. The predicted molar refractivity (Wildman–Crippen MR) is 50.3 cm³/mol. The van der Waals surface area contributed by atoms with Gasteiger partial charge in [-0.3, -0.25) is 4.40 Å². The first-order chi connectivity index (χ1) is 5.83. The van der Waals surface area contributed by atoms with Gasteiger partial charge < -0.3 is 0 Å². The quantitative estimate of drug-likeness (QED) is 0.565. The van der Waals surface area contributed by atoms with Crippen LogP contribution in [0.1, 0.15) is 0 Å². The lowest BCUT2D eigenvalue weighted by molar-refractivity contribution is 0.894. The Hall–Kier alpha value is -0.620. The van der Waals surface area contributed by atoms with Crippen molar-refractivity contribution in [1.29, 1.82) is 0 Å². The van der Waals surface area contributed by atoms with Crippen LogP contribution in [0.2, 0.25) is 0 Å². The molecule has 2 aromatic rings. The lowest BCUT2D eigenvalue weighted by Gasteiger charge is -1.99. The Kier molecular flexibility index (Phi) is 2.02. The lowest BCUT2D eigenvalue weighted by atomic mass is 10.6. The van der Waals surface area contributed by atoms with Crippen molar-refractivity contribution in [3.8, 4) is 0 Å². The molecule has 0 saturated heterocycles. The SMILES string of the molecule is CSc1ncc(Br)c2nncn12. The number of nitrogens with zero attached hydrogens (tertiary/aromatic N) is 4. The molecule has 0 aliphatic heterocycles. The van der Waals surface area contributed by atoms with E-state index in [0.29, 0.717) is 0 Å². The van der Waals surface area contributed by atoms with Crippen LogP contribution >= 0.6 is 27.7 Å². The highest BCUT2D eigenvalue weighted by atomic mass is 79.9. The molecule has 6 heteroatoms. The van der Waals surface area contributed by atoms with Gasteiger partial charge in [0.25, 0.3) is 0 Å². The van der Waals surface area contributed by atoms with Crippen molar-refractivity contribution in [1.82, 2.24) is 19.6 Å². The molecule has 0 unspecified atom stereocenters. The summed E-state index contributed by atoms with van der Waals surface area (Å²) in [6.45, 7) is 0. The van der Waals surface area contributed by atoms with Crippen molar-refractivity contribution in [2.24, 2.45) is 0 Å². The van der Waals surface area contributed by atoms with E-state index < -0.39 is 0 Å². The molecule has 0 fully saturated rings. The number of rotatable bonds is 1. The van der Waals surface area contributed by atoms with E-state index in [1.807, 2.05) is 10.7 Å². The second-order valence-electron chi connectivity index (χ2n) is 2.12. The van der Waals surface area contributed by atoms with Gasteiger partial charge in [-0.15, -0.1) is 10.2 Å². The fourth-order valence-corrected chi connectivity index (χ4v) is 1.78. The smallest absolute Gasteiger partial charge is 0.178 e. The molecule has 0 aliphatic carbocycles. The zero-order valence-electron chi connectivity index (χ0n) is 6.23. The summed E-state index contributed by atoms with van der Waals surface area (Å²) in [7, 11) is 0. The van der Waals surface area contributed by atoms with Crippen LogP contribution in [0.15, 0.2) is 22.2 Å². The van der Waals surface area contributed by atoms with E-state index in [2.05, 4.69) is 31.1 Å². The highest BCUT2D eigenvalue weighted by molar-refractivity contribution is 9.10. The Morgan fingerprint density at radius 3 is 3.17 bits per heavy atom. The zero-order valence-corrected chi connectivity index (χ0v) is 8.63. The van der Waals surface area contributed by atoms with Crippen molar-refractivity contribution in [3.63, 3.8) is 0 Å². The first-order valence-electron chi connectivity index (χ1n) is 3.21. The fraction of sp³-hybridized carbons (Fsp3) is 0.167. The van der Waals surface area contributed by atoms with Crippen LogP contribution in [0, 0.1) is 0 Å². The summed E-state index contributed by atoms with van der Waals surface area (Å²) in [5.41, 5.74) is 0.800. The fourth-order valence-electron chi connectivity index (χ4n) is 0.921. The van der Waals surface area contributed by atoms with Crippen LogP contribution < -0.4 is 0 Å². The molecule has 2 aromatic heterocycles. The predicted octanol–water partition coefficient (Wildman–Crippen LogP) is 1.61. The summed E-state index contributed by atoms with van der Waals surface area (Å²) in [4.78, 5) is 4.20. The summed E-state index contributed by atoms with van der Waals surface area (Å²) < 4.78 is 2.70. The van der Waals surface area contributed by atoms with E-state index in [1.165, 1.54) is 0 Å². The Morgan fingerprint density at radius 1 is 1.58 bits per heavy atom. The van der Waals surface area contributed by atoms with Gasteiger partial charge in [0.1, 0.15) is 6.33 Å². The molecular weight excluding hydrogens is 240 g/mol. The van der Waals surface area contributed by atoms with Gasteiger partial charge in [0.05, 0.1) is 4.47 Å². The van der Waals surface area contributed by atoms with Gasteiger partial charge in [0.15, 0.2) is 10.8 Å². The second kappa shape index (κ2) is 3.02. The highest BCUT2D eigenvalue weighted by Gasteiger charge is 2.05. The third-order valence-corrected chi connectivity index (χ3v) is 2.67. The molecule has 0 N–H and O–H groups in total. The monoisotopic (exact) mass is 244 g/mol. The first kappa shape index (κ1) is 8.00. The molecule has 0 aromatic carbocycles. The summed E-state index contributed by atoms with van der Waals surface area (Å²) in [6.07, 6.45) is 5.35. The molecule has 0 atom stereocenters. The molecule has 0 bridgehead atoms. The van der Waals surface area contributed by atoms with E-state index in [9.17, 15) is 0 Å². The third kappa shape index (κ3) is 1.11. The summed E-state index contributed by atoms with van der Waals surface area (Å²) in [5, 5.41) is 8.63. The number of thioether (sulfide) groups is 1. The normalized spacial score (nSPS) is 10.8. The van der Waals surface area contributed by atoms with Crippen LogP contribution in [0.3, 0.4) is 0 Å². The van der Waals surface area contributed by atoms with Gasteiger partial charge in [0, 0.05) is 6.20 Å². The Balaban J connectivity index is 2.82. The maximum absolute atomic E-state index is 4.20. The molecule has 12 heavy (non-hydrogen) atoms. The van der Waals surface area contributed by atoms with Gasteiger partial charge in [0.2, 0.25) is 0 Å². The topological polar surface area (TPSA) is 43.1 Å². The van der Waals surface area contributed by atoms with Crippen LogP contribution in [0.25, 0.3) is 5.65 Å². The Labute approximate surface area is 81.5 Å². The number of hydrogen-bond donors (Lipinski definition) is 0. The molecular formula is C6H5BrN4S. The zero-order chi connectivity index (χ0) is 8.55. The van der Waals surface area contributed by atoms with Gasteiger partial charge in [-0.2, -0.15) is 0 Å². The molecule has 0 spiro atoms. The summed E-state index contributed by atoms with van der Waals surface area (Å²) >= 11 is 4.91. The minimum atomic E-state index is 0.800. The van der Waals surface area contributed by atoms with E-state index in [-0.39, 0.29) is 0 Å². The summed E-state index contributed by atoms with van der Waals surface area (Å²) in [6, 6.07) is 0. The van der Waals surface area contributed by atoms with E-state index in [1.54, 1.807) is 24.3 Å². The lowest BCUT2D eigenvalue weighted by Crippen LogP contribution is -1.92. The molecule has 2 heterocycles. The average molecular weight is 245 g/mol. The first-order valence-corrected chi connectivity index (χ1v) is 5.23. The van der Waals surface area contributed by atoms with Crippen LogP contribution in [-0.2, 0) is 0 Å². The molecule has 0 saturated carbocycles. The number of halogens is 1. The Morgan fingerprint density at radius 2 is 2.42 bits per heavy atom. The summed E-state index contributed by atoms with van der Waals surface area (Å²) in [5.74, 6) is 0.